The normalized spacial score (nSPS) is 18.7. The Labute approximate surface area is 88.0 Å². The molecule has 1 aliphatic heterocycles. The molecule has 4 heteroatoms. The second-order valence-electron chi connectivity index (χ2n) is 3.14. The van der Waals surface area contributed by atoms with Gasteiger partial charge < -0.3 is 9.64 Å². The first kappa shape index (κ1) is 9.34. The van der Waals surface area contributed by atoms with E-state index in [2.05, 4.69) is 4.99 Å². The molecule has 3 nitrogen and oxygen atoms in total. The van der Waals surface area contributed by atoms with E-state index in [0.717, 1.165) is 12.2 Å². The fraction of sp³-hybridized carbons (Fsp3) is 0.300. The summed E-state index contributed by atoms with van der Waals surface area (Å²) in [5.41, 5.74) is 0.821. The molecular weight excluding hydrogens is 200 g/mol. The number of ether oxygens (including phenoxy) is 1. The monoisotopic (exact) mass is 210 g/mol. The van der Waals surface area contributed by atoms with Crippen LogP contribution < -0.4 is 0 Å². The third-order valence-electron chi connectivity index (χ3n) is 2.02. The summed E-state index contributed by atoms with van der Waals surface area (Å²) >= 11 is 5.84. The van der Waals surface area contributed by atoms with Crippen LogP contribution >= 0.6 is 11.6 Å². The molecule has 1 saturated heterocycles. The highest BCUT2D eigenvalue weighted by Crippen LogP contribution is 2.19. The average Bonchev–Trinajstić information content (AvgIpc) is 2.52. The summed E-state index contributed by atoms with van der Waals surface area (Å²) in [5, 5.41) is 0.688. The standard InChI is InChI=1S/C10H11ClN2O/c1-13-5-6-14-10(13)12-9-4-2-3-8(11)7-9/h2-4,7H,5-6H2,1H3. The van der Waals surface area contributed by atoms with Gasteiger partial charge in [0.05, 0.1) is 12.2 Å². The number of rotatable bonds is 1. The molecule has 2 rings (SSSR count). The van der Waals surface area contributed by atoms with Gasteiger partial charge in [0, 0.05) is 12.1 Å². The second-order valence-corrected chi connectivity index (χ2v) is 3.58. The summed E-state index contributed by atoms with van der Waals surface area (Å²) in [6, 6.07) is 8.06. The zero-order chi connectivity index (χ0) is 9.97. The van der Waals surface area contributed by atoms with Crippen molar-refractivity contribution in [1.82, 2.24) is 4.90 Å². The van der Waals surface area contributed by atoms with Gasteiger partial charge in [0.25, 0.3) is 6.02 Å². The van der Waals surface area contributed by atoms with Gasteiger partial charge in [-0.3, -0.25) is 0 Å². The lowest BCUT2D eigenvalue weighted by atomic mass is 10.3. The number of hydrogen-bond acceptors (Lipinski definition) is 2. The Morgan fingerprint density at radius 3 is 3.00 bits per heavy atom. The lowest BCUT2D eigenvalue weighted by Gasteiger charge is -2.07. The number of amidine groups is 1. The van der Waals surface area contributed by atoms with Gasteiger partial charge >= 0.3 is 0 Å². The molecule has 0 saturated carbocycles. The molecular formula is C10H11ClN2O. The van der Waals surface area contributed by atoms with Crippen LogP contribution in [0.1, 0.15) is 0 Å². The van der Waals surface area contributed by atoms with Gasteiger partial charge in [-0.15, -0.1) is 0 Å². The Morgan fingerprint density at radius 2 is 2.36 bits per heavy atom. The molecule has 0 amide bonds. The lowest BCUT2D eigenvalue weighted by Crippen LogP contribution is -2.19. The molecule has 0 atom stereocenters. The highest BCUT2D eigenvalue weighted by atomic mass is 35.5. The number of hydrogen-bond donors (Lipinski definition) is 0. The van der Waals surface area contributed by atoms with Gasteiger partial charge in [-0.1, -0.05) is 17.7 Å². The minimum Gasteiger partial charge on any atom is -0.463 e. The van der Waals surface area contributed by atoms with E-state index in [-0.39, 0.29) is 0 Å². The average molecular weight is 211 g/mol. The molecule has 1 aromatic rings. The first-order valence-corrected chi connectivity index (χ1v) is 4.82. The summed E-state index contributed by atoms with van der Waals surface area (Å²) in [7, 11) is 1.95. The smallest absolute Gasteiger partial charge is 0.292 e. The zero-order valence-corrected chi connectivity index (χ0v) is 8.66. The predicted molar refractivity (Wildman–Crippen MR) is 57.1 cm³/mol. The van der Waals surface area contributed by atoms with Gasteiger partial charge in [-0.25, -0.2) is 0 Å². The molecule has 0 unspecified atom stereocenters. The fourth-order valence-electron chi connectivity index (χ4n) is 1.25. The van der Waals surface area contributed by atoms with E-state index in [4.69, 9.17) is 16.3 Å². The minimum absolute atomic E-state index is 0.660. The van der Waals surface area contributed by atoms with Crippen LogP contribution in [0.15, 0.2) is 29.3 Å². The van der Waals surface area contributed by atoms with E-state index < -0.39 is 0 Å². The van der Waals surface area contributed by atoms with Crippen LogP contribution in [-0.4, -0.2) is 31.1 Å². The molecule has 14 heavy (non-hydrogen) atoms. The minimum atomic E-state index is 0.660. The lowest BCUT2D eigenvalue weighted by molar-refractivity contribution is 0.352. The SMILES string of the molecule is CN1CCOC1=Nc1cccc(Cl)c1. The highest BCUT2D eigenvalue weighted by molar-refractivity contribution is 6.30. The van der Waals surface area contributed by atoms with Crippen molar-refractivity contribution in [2.75, 3.05) is 20.2 Å². The van der Waals surface area contributed by atoms with E-state index in [1.54, 1.807) is 0 Å². The first-order chi connectivity index (χ1) is 6.75. The number of likely N-dealkylation sites (N-methyl/N-ethyl adjacent to an activating group) is 1. The van der Waals surface area contributed by atoms with Crippen molar-refractivity contribution in [1.29, 1.82) is 0 Å². The quantitative estimate of drug-likeness (QED) is 0.711. The maximum absolute atomic E-state index is 5.84. The van der Waals surface area contributed by atoms with Crippen molar-refractivity contribution < 1.29 is 4.74 Å². The van der Waals surface area contributed by atoms with Crippen molar-refractivity contribution in [2.24, 2.45) is 4.99 Å². The Kier molecular flexibility index (Phi) is 2.59. The van der Waals surface area contributed by atoms with Crippen LogP contribution in [0, 0.1) is 0 Å². The van der Waals surface area contributed by atoms with Crippen molar-refractivity contribution in [3.05, 3.63) is 29.3 Å². The molecule has 0 N–H and O–H groups in total. The number of aliphatic imine (C=N–C) groups is 1. The Morgan fingerprint density at radius 1 is 1.50 bits per heavy atom. The van der Waals surface area contributed by atoms with E-state index in [0.29, 0.717) is 17.7 Å². The van der Waals surface area contributed by atoms with Crippen LogP contribution in [0.5, 0.6) is 0 Å². The molecule has 1 aromatic carbocycles. The Hall–Kier alpha value is -1.22. The van der Waals surface area contributed by atoms with Gasteiger partial charge in [0.15, 0.2) is 0 Å². The summed E-state index contributed by atoms with van der Waals surface area (Å²) in [4.78, 5) is 6.31. The molecule has 0 radical (unpaired) electrons. The largest absolute Gasteiger partial charge is 0.463 e. The number of benzene rings is 1. The summed E-state index contributed by atoms with van der Waals surface area (Å²) < 4.78 is 5.34. The van der Waals surface area contributed by atoms with Crippen LogP contribution in [0.4, 0.5) is 5.69 Å². The van der Waals surface area contributed by atoms with Gasteiger partial charge in [-0.05, 0) is 18.2 Å². The zero-order valence-electron chi connectivity index (χ0n) is 7.90. The van der Waals surface area contributed by atoms with E-state index in [9.17, 15) is 0 Å². The molecule has 0 aromatic heterocycles. The molecule has 1 aliphatic rings. The topological polar surface area (TPSA) is 24.8 Å². The van der Waals surface area contributed by atoms with Gasteiger partial charge in [0.2, 0.25) is 0 Å². The van der Waals surface area contributed by atoms with E-state index >= 15 is 0 Å². The highest BCUT2D eigenvalue weighted by Gasteiger charge is 2.15. The van der Waals surface area contributed by atoms with Gasteiger partial charge in [-0.2, -0.15) is 4.99 Å². The van der Waals surface area contributed by atoms with Crippen molar-refractivity contribution in [2.45, 2.75) is 0 Å². The fourth-order valence-corrected chi connectivity index (χ4v) is 1.44. The van der Waals surface area contributed by atoms with Gasteiger partial charge in [0.1, 0.15) is 6.61 Å². The van der Waals surface area contributed by atoms with Crippen molar-refractivity contribution in [3.63, 3.8) is 0 Å². The third kappa shape index (κ3) is 1.99. The number of nitrogens with zero attached hydrogens (tertiary/aromatic N) is 2. The second kappa shape index (κ2) is 3.88. The van der Waals surface area contributed by atoms with Crippen molar-refractivity contribution >= 4 is 23.3 Å². The molecule has 1 heterocycles. The van der Waals surface area contributed by atoms with E-state index in [1.165, 1.54) is 0 Å². The first-order valence-electron chi connectivity index (χ1n) is 4.44. The molecule has 1 fully saturated rings. The van der Waals surface area contributed by atoms with Crippen LogP contribution in [0.3, 0.4) is 0 Å². The van der Waals surface area contributed by atoms with Crippen LogP contribution in [0.25, 0.3) is 0 Å². The Balaban J connectivity index is 2.24. The number of halogens is 1. The molecule has 0 spiro atoms. The van der Waals surface area contributed by atoms with Crippen LogP contribution in [-0.2, 0) is 4.74 Å². The molecule has 0 aliphatic carbocycles. The van der Waals surface area contributed by atoms with E-state index in [1.807, 2.05) is 36.2 Å². The summed E-state index contributed by atoms with van der Waals surface area (Å²) in [5.74, 6) is 0. The summed E-state index contributed by atoms with van der Waals surface area (Å²) in [6.07, 6.45) is 0. The molecule has 0 bridgehead atoms. The maximum atomic E-state index is 5.84. The molecule has 74 valence electrons. The van der Waals surface area contributed by atoms with Crippen molar-refractivity contribution in [3.8, 4) is 0 Å². The van der Waals surface area contributed by atoms with Crippen LogP contribution in [0.2, 0.25) is 5.02 Å². The summed E-state index contributed by atoms with van der Waals surface area (Å²) in [6.45, 7) is 1.59. The third-order valence-corrected chi connectivity index (χ3v) is 2.25. The Bertz CT molecular complexity index is 365. The maximum Gasteiger partial charge on any atom is 0.292 e. The predicted octanol–water partition coefficient (Wildman–Crippen LogP) is 2.29.